The fourth-order valence-corrected chi connectivity index (χ4v) is 3.80. The molecule has 110 valence electrons. The maximum absolute atomic E-state index is 9.82. The lowest BCUT2D eigenvalue weighted by molar-refractivity contribution is -0.202. The van der Waals surface area contributed by atoms with Crippen molar-refractivity contribution >= 4 is 11.6 Å². The third-order valence-electron chi connectivity index (χ3n) is 4.53. The summed E-state index contributed by atoms with van der Waals surface area (Å²) in [6.45, 7) is 4.21. The number of nitrogens with zero attached hydrogens (tertiary/aromatic N) is 3. The molecular formula is C16H18ClN3O. The van der Waals surface area contributed by atoms with Gasteiger partial charge in [-0.2, -0.15) is 10.3 Å². The molecule has 0 aromatic carbocycles. The van der Waals surface area contributed by atoms with Gasteiger partial charge >= 0.3 is 0 Å². The van der Waals surface area contributed by atoms with E-state index in [1.54, 1.807) is 18.5 Å². The predicted molar refractivity (Wildman–Crippen MR) is 80.6 cm³/mol. The Morgan fingerprint density at radius 1 is 1.48 bits per heavy atom. The Morgan fingerprint density at radius 2 is 2.19 bits per heavy atom. The van der Waals surface area contributed by atoms with E-state index in [0.29, 0.717) is 11.6 Å². The topological polar surface area (TPSA) is 49.1 Å². The predicted octanol–water partition coefficient (Wildman–Crippen LogP) is 3.24. The Morgan fingerprint density at radius 3 is 2.76 bits per heavy atom. The van der Waals surface area contributed by atoms with Crippen LogP contribution in [0.25, 0.3) is 0 Å². The minimum absolute atomic E-state index is 0.280. The van der Waals surface area contributed by atoms with Crippen molar-refractivity contribution in [2.75, 3.05) is 6.61 Å². The zero-order valence-electron chi connectivity index (χ0n) is 11.8. The number of fused-ring (bicyclic) bond motifs is 2. The summed E-state index contributed by atoms with van der Waals surface area (Å²) in [5.41, 5.74) is 0.426. The van der Waals surface area contributed by atoms with Gasteiger partial charge in [0.15, 0.2) is 0 Å². The van der Waals surface area contributed by atoms with E-state index in [4.69, 9.17) is 16.4 Å². The number of hydroxylamine groups is 2. The van der Waals surface area contributed by atoms with Gasteiger partial charge in [-0.15, -0.1) is 6.58 Å². The number of hydrogen-bond donors (Lipinski definition) is 0. The van der Waals surface area contributed by atoms with Crippen molar-refractivity contribution in [3.63, 3.8) is 0 Å². The first kappa shape index (κ1) is 14.5. The highest BCUT2D eigenvalue weighted by molar-refractivity contribution is 6.30. The number of nitriles is 1. The number of piperidine rings is 1. The molecule has 0 radical (unpaired) electrons. The molecule has 0 aliphatic carbocycles. The SMILES string of the molecule is C=CCON1C2CCC1CC(C#N)(c1cncc(Cl)c1)C2. The zero-order valence-corrected chi connectivity index (χ0v) is 12.6. The number of rotatable bonds is 4. The summed E-state index contributed by atoms with van der Waals surface area (Å²) in [5, 5.41) is 12.5. The monoisotopic (exact) mass is 303 g/mol. The number of halogens is 1. The third kappa shape index (κ3) is 2.57. The minimum Gasteiger partial charge on any atom is -0.294 e. The Hall–Kier alpha value is -1.41. The van der Waals surface area contributed by atoms with Gasteiger partial charge in [-0.25, -0.2) is 0 Å². The highest BCUT2D eigenvalue weighted by atomic mass is 35.5. The average Bonchev–Trinajstić information content (AvgIpc) is 2.74. The molecule has 5 heteroatoms. The molecule has 1 aromatic heterocycles. The Kier molecular flexibility index (Phi) is 3.99. The van der Waals surface area contributed by atoms with Crippen molar-refractivity contribution in [1.82, 2.24) is 10.0 Å². The van der Waals surface area contributed by atoms with Crippen molar-refractivity contribution in [1.29, 1.82) is 5.26 Å². The Balaban J connectivity index is 1.87. The van der Waals surface area contributed by atoms with E-state index in [0.717, 1.165) is 31.2 Å². The molecule has 2 atom stereocenters. The molecule has 1 aromatic rings. The second kappa shape index (κ2) is 5.76. The summed E-state index contributed by atoms with van der Waals surface area (Å²) in [7, 11) is 0. The number of hydrogen-bond acceptors (Lipinski definition) is 4. The normalized spacial score (nSPS) is 31.8. The van der Waals surface area contributed by atoms with Gasteiger partial charge in [-0.1, -0.05) is 17.7 Å². The number of aromatic nitrogens is 1. The molecule has 0 amide bonds. The molecule has 2 bridgehead atoms. The standard InChI is InChI=1S/C16H18ClN3O/c1-2-5-21-20-14-3-4-15(20)8-16(7-14,11-18)12-6-13(17)10-19-9-12/h2,6,9-10,14-15H,1,3-5,7-8H2. The maximum atomic E-state index is 9.82. The molecule has 2 fully saturated rings. The first-order valence-electron chi connectivity index (χ1n) is 7.23. The summed E-state index contributed by atoms with van der Waals surface area (Å²) in [6.07, 6.45) is 8.80. The van der Waals surface area contributed by atoms with Gasteiger partial charge in [-0.05, 0) is 37.3 Å². The van der Waals surface area contributed by atoms with Crippen LogP contribution < -0.4 is 0 Å². The molecule has 3 rings (SSSR count). The molecule has 2 unspecified atom stereocenters. The van der Waals surface area contributed by atoms with Crippen LogP contribution in [0.3, 0.4) is 0 Å². The number of pyridine rings is 1. The summed E-state index contributed by atoms with van der Waals surface area (Å²) in [5.74, 6) is 0. The van der Waals surface area contributed by atoms with Crippen LogP contribution in [0.15, 0.2) is 31.1 Å². The van der Waals surface area contributed by atoms with E-state index in [1.165, 1.54) is 0 Å². The molecule has 0 saturated carbocycles. The largest absolute Gasteiger partial charge is 0.294 e. The molecule has 4 nitrogen and oxygen atoms in total. The lowest BCUT2D eigenvalue weighted by atomic mass is 9.72. The fraction of sp³-hybridized carbons (Fsp3) is 0.500. The van der Waals surface area contributed by atoms with Crippen LogP contribution in [0.1, 0.15) is 31.2 Å². The Bertz CT molecular complexity index is 569. The summed E-state index contributed by atoms with van der Waals surface area (Å²) < 4.78 is 0. The molecule has 2 aliphatic rings. The van der Waals surface area contributed by atoms with E-state index >= 15 is 0 Å². The maximum Gasteiger partial charge on any atom is 0.0869 e. The van der Waals surface area contributed by atoms with Crippen LogP contribution in [0.5, 0.6) is 0 Å². The molecule has 3 heterocycles. The first-order chi connectivity index (χ1) is 10.2. The van der Waals surface area contributed by atoms with Gasteiger partial charge < -0.3 is 0 Å². The van der Waals surface area contributed by atoms with Crippen LogP contribution in [-0.4, -0.2) is 28.7 Å². The van der Waals surface area contributed by atoms with E-state index in [-0.39, 0.29) is 12.1 Å². The molecule has 21 heavy (non-hydrogen) atoms. The van der Waals surface area contributed by atoms with Gasteiger partial charge in [0.05, 0.1) is 23.1 Å². The first-order valence-corrected chi connectivity index (χ1v) is 7.61. The molecule has 2 saturated heterocycles. The van der Waals surface area contributed by atoms with Crippen LogP contribution >= 0.6 is 11.6 Å². The van der Waals surface area contributed by atoms with Crippen molar-refractivity contribution in [2.45, 2.75) is 43.2 Å². The third-order valence-corrected chi connectivity index (χ3v) is 4.74. The molecular weight excluding hydrogens is 286 g/mol. The molecule has 2 aliphatic heterocycles. The van der Waals surface area contributed by atoms with Crippen molar-refractivity contribution in [2.24, 2.45) is 0 Å². The summed E-state index contributed by atoms with van der Waals surface area (Å²) in [6, 6.07) is 4.97. The zero-order chi connectivity index (χ0) is 14.9. The van der Waals surface area contributed by atoms with Crippen LogP contribution in [0.4, 0.5) is 0 Å². The van der Waals surface area contributed by atoms with Crippen LogP contribution in [0, 0.1) is 11.3 Å². The van der Waals surface area contributed by atoms with E-state index in [9.17, 15) is 5.26 Å². The van der Waals surface area contributed by atoms with Gasteiger partial charge in [0.25, 0.3) is 0 Å². The highest BCUT2D eigenvalue weighted by Gasteiger charge is 2.50. The van der Waals surface area contributed by atoms with Crippen LogP contribution in [-0.2, 0) is 10.3 Å². The van der Waals surface area contributed by atoms with E-state index in [1.807, 2.05) is 6.07 Å². The summed E-state index contributed by atoms with van der Waals surface area (Å²) >= 11 is 6.05. The van der Waals surface area contributed by atoms with Crippen LogP contribution in [0.2, 0.25) is 5.02 Å². The highest BCUT2D eigenvalue weighted by Crippen LogP contribution is 2.47. The molecule has 0 N–H and O–H groups in total. The fourth-order valence-electron chi connectivity index (χ4n) is 3.62. The molecule has 0 spiro atoms. The van der Waals surface area contributed by atoms with Crippen molar-refractivity contribution in [3.05, 3.63) is 41.7 Å². The quantitative estimate of drug-likeness (QED) is 0.801. The van der Waals surface area contributed by atoms with Gasteiger partial charge in [0, 0.05) is 24.5 Å². The average molecular weight is 304 g/mol. The second-order valence-electron chi connectivity index (χ2n) is 5.82. The van der Waals surface area contributed by atoms with Gasteiger partial charge in [0.2, 0.25) is 0 Å². The Labute approximate surface area is 129 Å². The summed E-state index contributed by atoms with van der Waals surface area (Å²) in [4.78, 5) is 9.93. The lowest BCUT2D eigenvalue weighted by Crippen LogP contribution is -2.49. The van der Waals surface area contributed by atoms with Gasteiger partial charge in [-0.3, -0.25) is 9.82 Å². The second-order valence-corrected chi connectivity index (χ2v) is 6.26. The van der Waals surface area contributed by atoms with Crippen molar-refractivity contribution < 1.29 is 4.84 Å². The smallest absolute Gasteiger partial charge is 0.0869 e. The lowest BCUT2D eigenvalue weighted by Gasteiger charge is -2.42. The van der Waals surface area contributed by atoms with Gasteiger partial charge in [0.1, 0.15) is 0 Å². The minimum atomic E-state index is -0.502. The van der Waals surface area contributed by atoms with E-state index < -0.39 is 5.41 Å². The van der Waals surface area contributed by atoms with E-state index in [2.05, 4.69) is 22.7 Å². The van der Waals surface area contributed by atoms with Crippen molar-refractivity contribution in [3.8, 4) is 6.07 Å².